The standard InChI is InChI=1S/C12H25NS2/c1-11(2)9-14-8-4-6-13-12-5-3-7-15-10-12/h11-13H,3-10H2,1-2H3. The monoisotopic (exact) mass is 247 g/mol. The summed E-state index contributed by atoms with van der Waals surface area (Å²) < 4.78 is 0. The summed E-state index contributed by atoms with van der Waals surface area (Å²) in [5.41, 5.74) is 0. The Labute approximate surface area is 104 Å². The minimum absolute atomic E-state index is 0.804. The van der Waals surface area contributed by atoms with E-state index >= 15 is 0 Å². The molecule has 90 valence electrons. The maximum Gasteiger partial charge on any atom is 0.0158 e. The summed E-state index contributed by atoms with van der Waals surface area (Å²) in [5, 5.41) is 3.68. The van der Waals surface area contributed by atoms with Crippen molar-refractivity contribution in [2.45, 2.75) is 39.2 Å². The van der Waals surface area contributed by atoms with E-state index in [1.165, 1.54) is 48.8 Å². The molecule has 0 bridgehead atoms. The highest BCUT2D eigenvalue weighted by Gasteiger charge is 2.11. The second kappa shape index (κ2) is 8.77. The highest BCUT2D eigenvalue weighted by molar-refractivity contribution is 7.99. The van der Waals surface area contributed by atoms with Crippen LogP contribution in [0.25, 0.3) is 0 Å². The number of hydrogen-bond donors (Lipinski definition) is 1. The summed E-state index contributed by atoms with van der Waals surface area (Å²) in [4.78, 5) is 0. The van der Waals surface area contributed by atoms with E-state index in [4.69, 9.17) is 0 Å². The first-order chi connectivity index (χ1) is 7.29. The summed E-state index contributed by atoms with van der Waals surface area (Å²) in [6, 6.07) is 0.804. The van der Waals surface area contributed by atoms with E-state index in [9.17, 15) is 0 Å². The Morgan fingerprint density at radius 2 is 2.33 bits per heavy atom. The molecule has 1 nitrogen and oxygen atoms in total. The molecule has 1 fully saturated rings. The molecule has 0 spiro atoms. The van der Waals surface area contributed by atoms with Crippen molar-refractivity contribution in [1.82, 2.24) is 5.32 Å². The van der Waals surface area contributed by atoms with Crippen LogP contribution < -0.4 is 5.32 Å². The fraction of sp³-hybridized carbons (Fsp3) is 1.00. The minimum atomic E-state index is 0.804. The molecule has 0 aromatic rings. The largest absolute Gasteiger partial charge is 0.313 e. The van der Waals surface area contributed by atoms with Crippen molar-refractivity contribution in [3.8, 4) is 0 Å². The van der Waals surface area contributed by atoms with Gasteiger partial charge in [-0.3, -0.25) is 0 Å². The summed E-state index contributed by atoms with van der Waals surface area (Å²) >= 11 is 4.21. The van der Waals surface area contributed by atoms with Gasteiger partial charge < -0.3 is 5.32 Å². The van der Waals surface area contributed by atoms with Crippen molar-refractivity contribution in [2.24, 2.45) is 5.92 Å². The van der Waals surface area contributed by atoms with Crippen molar-refractivity contribution in [2.75, 3.05) is 29.6 Å². The average Bonchev–Trinajstić information content (AvgIpc) is 2.24. The maximum absolute atomic E-state index is 3.68. The lowest BCUT2D eigenvalue weighted by Gasteiger charge is -2.22. The first-order valence-electron chi connectivity index (χ1n) is 6.18. The lowest BCUT2D eigenvalue weighted by Crippen LogP contribution is -2.34. The zero-order chi connectivity index (χ0) is 10.9. The van der Waals surface area contributed by atoms with Crippen LogP contribution in [0.2, 0.25) is 0 Å². The van der Waals surface area contributed by atoms with Crippen LogP contribution in [0.4, 0.5) is 0 Å². The van der Waals surface area contributed by atoms with E-state index in [2.05, 4.69) is 42.7 Å². The van der Waals surface area contributed by atoms with Gasteiger partial charge in [-0.1, -0.05) is 13.8 Å². The molecule has 1 N–H and O–H groups in total. The molecule has 0 aromatic heterocycles. The van der Waals surface area contributed by atoms with E-state index in [1.54, 1.807) is 0 Å². The van der Waals surface area contributed by atoms with Gasteiger partial charge in [0.05, 0.1) is 0 Å². The van der Waals surface area contributed by atoms with E-state index in [0.29, 0.717) is 0 Å². The SMILES string of the molecule is CC(C)CSCCCNC1CCCSC1. The molecule has 0 radical (unpaired) electrons. The third-order valence-corrected chi connectivity index (χ3v) is 5.21. The highest BCUT2D eigenvalue weighted by atomic mass is 32.2. The van der Waals surface area contributed by atoms with Gasteiger partial charge in [-0.15, -0.1) is 0 Å². The lowest BCUT2D eigenvalue weighted by molar-refractivity contribution is 0.508. The normalized spacial score (nSPS) is 22.2. The maximum atomic E-state index is 3.68. The first-order valence-corrected chi connectivity index (χ1v) is 8.49. The highest BCUT2D eigenvalue weighted by Crippen LogP contribution is 2.16. The fourth-order valence-corrected chi connectivity index (χ4v) is 3.79. The van der Waals surface area contributed by atoms with Crippen LogP contribution in [-0.2, 0) is 0 Å². The quantitative estimate of drug-likeness (QED) is 0.694. The van der Waals surface area contributed by atoms with Crippen LogP contribution in [0, 0.1) is 5.92 Å². The summed E-state index contributed by atoms with van der Waals surface area (Å²) in [5.74, 6) is 6.20. The van der Waals surface area contributed by atoms with Crippen LogP contribution in [-0.4, -0.2) is 35.6 Å². The van der Waals surface area contributed by atoms with Crippen molar-refractivity contribution < 1.29 is 0 Å². The number of nitrogens with one attached hydrogen (secondary N) is 1. The molecule has 1 saturated heterocycles. The van der Waals surface area contributed by atoms with E-state index < -0.39 is 0 Å². The molecule has 1 atom stereocenters. The first kappa shape index (κ1) is 13.7. The van der Waals surface area contributed by atoms with Gasteiger partial charge in [-0.25, -0.2) is 0 Å². The lowest BCUT2D eigenvalue weighted by atomic mass is 10.2. The minimum Gasteiger partial charge on any atom is -0.313 e. The number of thioether (sulfide) groups is 2. The van der Waals surface area contributed by atoms with Gasteiger partial charge in [0.25, 0.3) is 0 Å². The molecule has 3 heteroatoms. The molecule has 1 unspecified atom stereocenters. The van der Waals surface area contributed by atoms with E-state index in [1.807, 2.05) is 0 Å². The second-order valence-corrected chi connectivity index (χ2v) is 6.99. The Morgan fingerprint density at radius 1 is 1.47 bits per heavy atom. The molecule has 0 amide bonds. The second-order valence-electron chi connectivity index (χ2n) is 4.69. The molecule has 0 aliphatic carbocycles. The molecular weight excluding hydrogens is 222 g/mol. The number of hydrogen-bond acceptors (Lipinski definition) is 3. The molecule has 1 heterocycles. The molecule has 1 rings (SSSR count). The molecule has 1 aliphatic heterocycles. The topological polar surface area (TPSA) is 12.0 Å². The Hall–Kier alpha value is 0.660. The van der Waals surface area contributed by atoms with Crippen LogP contribution in [0.5, 0.6) is 0 Å². The van der Waals surface area contributed by atoms with Crippen molar-refractivity contribution in [1.29, 1.82) is 0 Å². The molecule has 1 aliphatic rings. The van der Waals surface area contributed by atoms with Crippen LogP contribution >= 0.6 is 23.5 Å². The van der Waals surface area contributed by atoms with E-state index in [-0.39, 0.29) is 0 Å². The van der Waals surface area contributed by atoms with Crippen LogP contribution in [0.15, 0.2) is 0 Å². The molecular formula is C12H25NS2. The predicted octanol–water partition coefficient (Wildman–Crippen LogP) is 3.25. The van der Waals surface area contributed by atoms with E-state index in [0.717, 1.165) is 12.0 Å². The van der Waals surface area contributed by atoms with Gasteiger partial charge in [-0.05, 0) is 49.0 Å². The summed E-state index contributed by atoms with van der Waals surface area (Å²) in [6.07, 6.45) is 4.13. The summed E-state index contributed by atoms with van der Waals surface area (Å²) in [6.45, 7) is 5.81. The molecule has 0 aromatic carbocycles. The van der Waals surface area contributed by atoms with Gasteiger partial charge >= 0.3 is 0 Å². The van der Waals surface area contributed by atoms with Crippen molar-refractivity contribution in [3.63, 3.8) is 0 Å². The van der Waals surface area contributed by atoms with Crippen LogP contribution in [0.1, 0.15) is 33.1 Å². The number of rotatable bonds is 7. The molecule has 15 heavy (non-hydrogen) atoms. The third kappa shape index (κ3) is 7.53. The zero-order valence-electron chi connectivity index (χ0n) is 10.1. The van der Waals surface area contributed by atoms with Gasteiger partial charge in [0.1, 0.15) is 0 Å². The molecule has 0 saturated carbocycles. The van der Waals surface area contributed by atoms with Gasteiger partial charge in [0, 0.05) is 11.8 Å². The van der Waals surface area contributed by atoms with Crippen molar-refractivity contribution in [3.05, 3.63) is 0 Å². The Bertz CT molecular complexity index is 145. The smallest absolute Gasteiger partial charge is 0.0158 e. The third-order valence-electron chi connectivity index (χ3n) is 2.51. The summed E-state index contributed by atoms with van der Waals surface area (Å²) in [7, 11) is 0. The Morgan fingerprint density at radius 3 is 3.00 bits per heavy atom. The Kier molecular flexibility index (Phi) is 8.02. The predicted molar refractivity (Wildman–Crippen MR) is 75.1 cm³/mol. The Balaban J connectivity index is 1.83. The van der Waals surface area contributed by atoms with Gasteiger partial charge in [0.15, 0.2) is 0 Å². The van der Waals surface area contributed by atoms with Gasteiger partial charge in [0.2, 0.25) is 0 Å². The fourth-order valence-electron chi connectivity index (χ4n) is 1.70. The zero-order valence-corrected chi connectivity index (χ0v) is 11.8. The van der Waals surface area contributed by atoms with Crippen LogP contribution in [0.3, 0.4) is 0 Å². The van der Waals surface area contributed by atoms with Gasteiger partial charge in [-0.2, -0.15) is 23.5 Å². The van der Waals surface area contributed by atoms with Crippen molar-refractivity contribution >= 4 is 23.5 Å². The average molecular weight is 247 g/mol.